The smallest absolute Gasteiger partial charge is 0.407 e. The van der Waals surface area contributed by atoms with Gasteiger partial charge in [0.1, 0.15) is 11.6 Å². The summed E-state index contributed by atoms with van der Waals surface area (Å²) in [5.74, 6) is 1.84. The number of benzene rings is 1. The Morgan fingerprint density at radius 1 is 1.18 bits per heavy atom. The summed E-state index contributed by atoms with van der Waals surface area (Å²) in [5, 5.41) is 14.1. The molecular formula is C20H26FN5O2. The Hall–Kier alpha value is -2.48. The van der Waals surface area contributed by atoms with E-state index in [4.69, 9.17) is 4.98 Å². The molecule has 1 saturated carbocycles. The molecule has 1 saturated heterocycles. The molecule has 0 spiro atoms. The predicted octanol–water partition coefficient (Wildman–Crippen LogP) is 2.99. The zero-order chi connectivity index (χ0) is 20.0. The van der Waals surface area contributed by atoms with Gasteiger partial charge in [-0.15, -0.1) is 0 Å². The van der Waals surface area contributed by atoms with Crippen LogP contribution in [0.4, 0.5) is 9.18 Å². The lowest BCUT2D eigenvalue weighted by Crippen LogP contribution is -2.58. The third-order valence-corrected chi connectivity index (χ3v) is 5.80. The minimum Gasteiger partial charge on any atom is -0.465 e. The van der Waals surface area contributed by atoms with Crippen LogP contribution in [-0.4, -0.2) is 60.9 Å². The molecule has 1 aromatic carbocycles. The van der Waals surface area contributed by atoms with Gasteiger partial charge < -0.3 is 10.0 Å². The number of rotatable bonds is 4. The summed E-state index contributed by atoms with van der Waals surface area (Å²) < 4.78 is 15.4. The molecule has 2 aliphatic rings. The molecule has 2 fully saturated rings. The normalized spacial score (nSPS) is 24.4. The van der Waals surface area contributed by atoms with E-state index in [1.165, 1.54) is 17.0 Å². The molecule has 2 heterocycles. The van der Waals surface area contributed by atoms with E-state index < -0.39 is 6.09 Å². The molecule has 7 nitrogen and oxygen atoms in total. The summed E-state index contributed by atoms with van der Waals surface area (Å²) in [4.78, 5) is 20.1. The van der Waals surface area contributed by atoms with Crippen molar-refractivity contribution in [1.29, 1.82) is 0 Å². The van der Waals surface area contributed by atoms with Gasteiger partial charge >= 0.3 is 6.09 Å². The number of halogens is 1. The summed E-state index contributed by atoms with van der Waals surface area (Å²) in [7, 11) is 1.90. The number of hydrogen-bond donors (Lipinski definition) is 1. The van der Waals surface area contributed by atoms with Gasteiger partial charge in [0.15, 0.2) is 5.82 Å². The van der Waals surface area contributed by atoms with Crippen molar-refractivity contribution in [3.63, 3.8) is 0 Å². The number of amides is 1. The van der Waals surface area contributed by atoms with Gasteiger partial charge in [0.25, 0.3) is 0 Å². The summed E-state index contributed by atoms with van der Waals surface area (Å²) in [6, 6.07) is 6.12. The van der Waals surface area contributed by atoms with Crippen molar-refractivity contribution in [3.8, 4) is 0 Å². The van der Waals surface area contributed by atoms with Gasteiger partial charge in [-0.2, -0.15) is 5.10 Å². The maximum atomic E-state index is 13.6. The molecule has 2 aromatic rings. The second-order valence-electron chi connectivity index (χ2n) is 8.01. The van der Waals surface area contributed by atoms with Gasteiger partial charge in [0.05, 0.1) is 6.04 Å². The first-order chi connectivity index (χ1) is 13.3. The SMILES string of the molecule is C[C@@H]1CN(C(=O)O)[C@@H](C)CN1C(c1ccc(F)cc1)c1nc(C2CC2)nn1C. The van der Waals surface area contributed by atoms with E-state index in [9.17, 15) is 14.3 Å². The topological polar surface area (TPSA) is 74.5 Å². The van der Waals surface area contributed by atoms with Crippen molar-refractivity contribution in [2.24, 2.45) is 7.05 Å². The molecule has 0 bridgehead atoms. The third kappa shape index (κ3) is 3.48. The number of aromatic nitrogens is 3. The third-order valence-electron chi connectivity index (χ3n) is 5.80. The quantitative estimate of drug-likeness (QED) is 0.873. The number of nitrogens with zero attached hydrogens (tertiary/aromatic N) is 5. The number of aryl methyl sites for hydroxylation is 1. The van der Waals surface area contributed by atoms with Gasteiger partial charge in [-0.25, -0.2) is 14.2 Å². The average molecular weight is 387 g/mol. The summed E-state index contributed by atoms with van der Waals surface area (Å²) in [6.45, 7) is 4.93. The molecule has 1 aromatic heterocycles. The van der Waals surface area contributed by atoms with Gasteiger partial charge in [-0.05, 0) is 44.4 Å². The molecule has 4 rings (SSSR count). The molecule has 3 atom stereocenters. The molecule has 1 unspecified atom stereocenters. The highest BCUT2D eigenvalue weighted by molar-refractivity contribution is 5.65. The highest BCUT2D eigenvalue weighted by Gasteiger charge is 2.39. The van der Waals surface area contributed by atoms with E-state index in [-0.39, 0.29) is 23.9 Å². The van der Waals surface area contributed by atoms with E-state index in [2.05, 4.69) is 10.00 Å². The largest absolute Gasteiger partial charge is 0.465 e. The fourth-order valence-corrected chi connectivity index (χ4v) is 4.08. The lowest BCUT2D eigenvalue weighted by atomic mass is 9.99. The average Bonchev–Trinajstić information content (AvgIpc) is 3.43. The van der Waals surface area contributed by atoms with E-state index in [1.807, 2.05) is 25.6 Å². The summed E-state index contributed by atoms with van der Waals surface area (Å²) in [6.07, 6.45) is 1.34. The number of piperazine rings is 1. The lowest BCUT2D eigenvalue weighted by molar-refractivity contribution is 0.0255. The zero-order valence-electron chi connectivity index (χ0n) is 16.4. The molecule has 1 amide bonds. The Kier molecular flexibility index (Phi) is 4.82. The first kappa shape index (κ1) is 18.9. The van der Waals surface area contributed by atoms with E-state index >= 15 is 0 Å². The molecule has 1 aliphatic carbocycles. The van der Waals surface area contributed by atoms with Crippen molar-refractivity contribution < 1.29 is 14.3 Å². The maximum absolute atomic E-state index is 13.6. The van der Waals surface area contributed by atoms with Crippen LogP contribution >= 0.6 is 0 Å². The van der Waals surface area contributed by atoms with Crippen LogP contribution < -0.4 is 0 Å². The van der Waals surface area contributed by atoms with Crippen molar-refractivity contribution >= 4 is 6.09 Å². The molecule has 1 aliphatic heterocycles. The van der Waals surface area contributed by atoms with Gasteiger partial charge in [0, 0.05) is 38.1 Å². The lowest BCUT2D eigenvalue weighted by Gasteiger charge is -2.46. The monoisotopic (exact) mass is 387 g/mol. The van der Waals surface area contributed by atoms with Gasteiger partial charge in [0.2, 0.25) is 0 Å². The summed E-state index contributed by atoms with van der Waals surface area (Å²) in [5.41, 5.74) is 0.932. The highest BCUT2D eigenvalue weighted by atomic mass is 19.1. The molecule has 8 heteroatoms. The first-order valence-electron chi connectivity index (χ1n) is 9.76. The van der Waals surface area contributed by atoms with Gasteiger partial charge in [-0.3, -0.25) is 9.58 Å². The van der Waals surface area contributed by atoms with E-state index in [1.54, 1.807) is 12.1 Å². The number of hydrogen-bond acceptors (Lipinski definition) is 4. The highest BCUT2D eigenvalue weighted by Crippen LogP contribution is 2.40. The fraction of sp³-hybridized carbons (Fsp3) is 0.550. The molecule has 150 valence electrons. The molecule has 28 heavy (non-hydrogen) atoms. The Balaban J connectivity index is 1.73. The van der Waals surface area contributed by atoms with Crippen LogP contribution in [0.3, 0.4) is 0 Å². The van der Waals surface area contributed by atoms with Crippen LogP contribution in [0.25, 0.3) is 0 Å². The van der Waals surface area contributed by atoms with Crippen LogP contribution in [0.5, 0.6) is 0 Å². The maximum Gasteiger partial charge on any atom is 0.407 e. The standard InChI is InChI=1S/C20H26FN5O2/c1-12-11-26(20(27)28)13(2)10-25(12)17(14-6-8-16(21)9-7-14)19-22-18(15-4-5-15)23-24(19)3/h6-9,12-13,15,17H,4-5,10-11H2,1-3H3,(H,27,28)/t12-,13+,17?/m1/s1. The second-order valence-corrected chi connectivity index (χ2v) is 8.01. The zero-order valence-corrected chi connectivity index (χ0v) is 16.4. The van der Waals surface area contributed by atoms with Crippen LogP contribution in [-0.2, 0) is 7.05 Å². The van der Waals surface area contributed by atoms with Crippen molar-refractivity contribution in [2.45, 2.75) is 50.7 Å². The molecular weight excluding hydrogens is 361 g/mol. The fourth-order valence-electron chi connectivity index (χ4n) is 4.08. The minimum absolute atomic E-state index is 0.0107. The Labute approximate surface area is 163 Å². The number of carbonyl (C=O) groups is 1. The summed E-state index contributed by atoms with van der Waals surface area (Å²) >= 11 is 0. The van der Waals surface area contributed by atoms with E-state index in [0.717, 1.165) is 30.1 Å². The molecule has 0 radical (unpaired) electrons. The molecule has 1 N–H and O–H groups in total. The van der Waals surface area contributed by atoms with Crippen LogP contribution in [0.1, 0.15) is 55.9 Å². The number of carboxylic acid groups (broad SMARTS) is 1. The van der Waals surface area contributed by atoms with Crippen molar-refractivity contribution in [1.82, 2.24) is 24.6 Å². The Bertz CT molecular complexity index is 864. The predicted molar refractivity (Wildman–Crippen MR) is 102 cm³/mol. The van der Waals surface area contributed by atoms with Crippen LogP contribution in [0.2, 0.25) is 0 Å². The van der Waals surface area contributed by atoms with Crippen molar-refractivity contribution in [2.75, 3.05) is 13.1 Å². The van der Waals surface area contributed by atoms with Crippen LogP contribution in [0.15, 0.2) is 24.3 Å². The van der Waals surface area contributed by atoms with E-state index in [0.29, 0.717) is 19.0 Å². The Morgan fingerprint density at radius 3 is 2.46 bits per heavy atom. The van der Waals surface area contributed by atoms with Gasteiger partial charge in [-0.1, -0.05) is 12.1 Å². The Morgan fingerprint density at radius 2 is 1.86 bits per heavy atom. The first-order valence-corrected chi connectivity index (χ1v) is 9.76. The minimum atomic E-state index is -0.896. The van der Waals surface area contributed by atoms with Crippen LogP contribution in [0, 0.1) is 5.82 Å². The second kappa shape index (κ2) is 7.16. The van der Waals surface area contributed by atoms with Crippen molar-refractivity contribution in [3.05, 3.63) is 47.3 Å².